The molecular weight excluding hydrogens is 357 g/mol. The van der Waals surface area contributed by atoms with E-state index in [9.17, 15) is 22.8 Å². The zero-order valence-corrected chi connectivity index (χ0v) is 14.7. The summed E-state index contributed by atoms with van der Waals surface area (Å²) in [7, 11) is 1.61. The molecule has 1 atom stereocenters. The molecule has 0 saturated heterocycles. The van der Waals surface area contributed by atoms with Gasteiger partial charge in [0.1, 0.15) is 6.54 Å². The Morgan fingerprint density at radius 2 is 1.70 bits per heavy atom. The molecule has 4 nitrogen and oxygen atoms in total. The molecule has 142 valence electrons. The second kappa shape index (κ2) is 7.06. The SMILES string of the molecule is CN1C(=O)[C@](CC(=O)NCC(F)(F)F)(Cc2ccccc2)c2ccccc21. The van der Waals surface area contributed by atoms with Crippen molar-refractivity contribution in [1.29, 1.82) is 0 Å². The van der Waals surface area contributed by atoms with Gasteiger partial charge in [0, 0.05) is 19.2 Å². The Morgan fingerprint density at radius 1 is 1.07 bits per heavy atom. The zero-order chi connectivity index (χ0) is 19.7. The zero-order valence-electron chi connectivity index (χ0n) is 14.7. The minimum Gasteiger partial charge on any atom is -0.347 e. The molecule has 1 N–H and O–H groups in total. The van der Waals surface area contributed by atoms with E-state index in [1.807, 2.05) is 35.6 Å². The lowest BCUT2D eigenvalue weighted by Gasteiger charge is -2.28. The molecule has 0 unspecified atom stereocenters. The minimum atomic E-state index is -4.50. The number of hydrogen-bond donors (Lipinski definition) is 1. The molecule has 27 heavy (non-hydrogen) atoms. The first-order valence-corrected chi connectivity index (χ1v) is 8.48. The molecule has 0 aromatic heterocycles. The molecule has 2 amide bonds. The number of anilines is 1. The van der Waals surface area contributed by atoms with Crippen molar-refractivity contribution < 1.29 is 22.8 Å². The van der Waals surface area contributed by atoms with Crippen molar-refractivity contribution in [3.63, 3.8) is 0 Å². The molecule has 0 aliphatic carbocycles. The standard InChI is InChI=1S/C20H19F3N2O2/c1-25-16-10-6-5-9-15(16)19(18(25)27,11-14-7-3-2-4-8-14)12-17(26)24-13-20(21,22)23/h2-10H,11-13H2,1H3,(H,24,26)/t19-/m0/s1. The summed E-state index contributed by atoms with van der Waals surface area (Å²) in [6.07, 6.45) is -4.62. The normalized spacial score (nSPS) is 19.1. The van der Waals surface area contributed by atoms with Gasteiger partial charge in [-0.1, -0.05) is 48.5 Å². The average molecular weight is 376 g/mol. The molecule has 2 aromatic rings. The number of carbonyl (C=O) groups is 2. The highest BCUT2D eigenvalue weighted by Gasteiger charge is 2.50. The molecule has 1 aliphatic rings. The van der Waals surface area contributed by atoms with Crippen molar-refractivity contribution in [3.05, 3.63) is 65.7 Å². The summed E-state index contributed by atoms with van der Waals surface area (Å²) in [5.41, 5.74) is 0.924. The predicted molar refractivity (Wildman–Crippen MR) is 95.4 cm³/mol. The molecule has 2 aromatic carbocycles. The first-order valence-electron chi connectivity index (χ1n) is 8.48. The van der Waals surface area contributed by atoms with Crippen LogP contribution in [0, 0.1) is 0 Å². The van der Waals surface area contributed by atoms with Gasteiger partial charge in [-0.25, -0.2) is 0 Å². The quantitative estimate of drug-likeness (QED) is 0.871. The van der Waals surface area contributed by atoms with Crippen molar-refractivity contribution in [1.82, 2.24) is 5.32 Å². The topological polar surface area (TPSA) is 49.4 Å². The van der Waals surface area contributed by atoms with E-state index in [0.717, 1.165) is 5.56 Å². The monoisotopic (exact) mass is 376 g/mol. The van der Waals surface area contributed by atoms with Gasteiger partial charge in [-0.3, -0.25) is 9.59 Å². The molecule has 0 fully saturated rings. The molecule has 0 spiro atoms. The predicted octanol–water partition coefficient (Wildman–Crippen LogP) is 3.21. The highest BCUT2D eigenvalue weighted by atomic mass is 19.4. The maximum Gasteiger partial charge on any atom is 0.405 e. The number of alkyl halides is 3. The molecule has 1 aliphatic heterocycles. The van der Waals surface area contributed by atoms with Gasteiger partial charge in [-0.2, -0.15) is 13.2 Å². The number of nitrogens with zero attached hydrogens (tertiary/aromatic N) is 1. The number of amides is 2. The van der Waals surface area contributed by atoms with Crippen molar-refractivity contribution in [2.75, 3.05) is 18.5 Å². The van der Waals surface area contributed by atoms with E-state index < -0.39 is 24.0 Å². The summed E-state index contributed by atoms with van der Waals surface area (Å²) in [5.74, 6) is -1.10. The number of benzene rings is 2. The number of para-hydroxylation sites is 1. The number of fused-ring (bicyclic) bond motifs is 1. The maximum absolute atomic E-state index is 13.1. The highest BCUT2D eigenvalue weighted by molar-refractivity contribution is 6.09. The van der Waals surface area contributed by atoms with Crippen LogP contribution in [0.4, 0.5) is 18.9 Å². The van der Waals surface area contributed by atoms with E-state index in [-0.39, 0.29) is 18.7 Å². The number of hydrogen-bond acceptors (Lipinski definition) is 2. The molecule has 7 heteroatoms. The van der Waals surface area contributed by atoms with Crippen LogP contribution in [-0.4, -0.2) is 31.6 Å². The number of rotatable bonds is 5. The summed E-state index contributed by atoms with van der Waals surface area (Å²) in [4.78, 5) is 26.9. The van der Waals surface area contributed by atoms with Crippen LogP contribution in [0.2, 0.25) is 0 Å². The average Bonchev–Trinajstić information content (AvgIpc) is 2.83. The van der Waals surface area contributed by atoms with E-state index >= 15 is 0 Å². The lowest BCUT2D eigenvalue weighted by molar-refractivity contribution is -0.140. The summed E-state index contributed by atoms with van der Waals surface area (Å²) < 4.78 is 37.4. The number of halogens is 3. The van der Waals surface area contributed by atoms with Crippen LogP contribution < -0.4 is 10.2 Å². The molecule has 0 radical (unpaired) electrons. The summed E-state index contributed by atoms with van der Waals surface area (Å²) in [6, 6.07) is 16.2. The van der Waals surface area contributed by atoms with Crippen LogP contribution in [0.15, 0.2) is 54.6 Å². The fraction of sp³-hybridized carbons (Fsp3) is 0.300. The lowest BCUT2D eigenvalue weighted by Crippen LogP contribution is -2.45. The summed E-state index contributed by atoms with van der Waals surface area (Å²) >= 11 is 0. The van der Waals surface area contributed by atoms with Crippen LogP contribution in [0.25, 0.3) is 0 Å². The third-order valence-electron chi connectivity index (χ3n) is 4.79. The number of carbonyl (C=O) groups excluding carboxylic acids is 2. The minimum absolute atomic E-state index is 0.230. The lowest BCUT2D eigenvalue weighted by atomic mass is 9.73. The van der Waals surface area contributed by atoms with Gasteiger partial charge in [-0.05, 0) is 23.6 Å². The molecule has 0 bridgehead atoms. The van der Waals surface area contributed by atoms with Crippen LogP contribution in [-0.2, 0) is 21.4 Å². The fourth-order valence-electron chi connectivity index (χ4n) is 3.60. The smallest absolute Gasteiger partial charge is 0.347 e. The summed E-state index contributed by atoms with van der Waals surface area (Å²) in [5, 5.41) is 1.89. The Labute approximate surface area is 155 Å². The van der Waals surface area contributed by atoms with Gasteiger partial charge in [0.2, 0.25) is 11.8 Å². The van der Waals surface area contributed by atoms with Crippen LogP contribution in [0.5, 0.6) is 0 Å². The van der Waals surface area contributed by atoms with Crippen LogP contribution >= 0.6 is 0 Å². The van der Waals surface area contributed by atoms with Gasteiger partial charge < -0.3 is 10.2 Å². The molecule has 0 saturated carbocycles. The first kappa shape index (κ1) is 18.9. The van der Waals surface area contributed by atoms with E-state index in [0.29, 0.717) is 11.3 Å². The Morgan fingerprint density at radius 3 is 2.37 bits per heavy atom. The van der Waals surface area contributed by atoms with Crippen molar-refractivity contribution in [2.24, 2.45) is 0 Å². The molecular formula is C20H19F3N2O2. The second-order valence-electron chi connectivity index (χ2n) is 6.69. The van der Waals surface area contributed by atoms with E-state index in [4.69, 9.17) is 0 Å². The Hall–Kier alpha value is -2.83. The van der Waals surface area contributed by atoms with Crippen molar-refractivity contribution in [2.45, 2.75) is 24.4 Å². The van der Waals surface area contributed by atoms with Gasteiger partial charge in [0.25, 0.3) is 0 Å². The fourth-order valence-corrected chi connectivity index (χ4v) is 3.60. The maximum atomic E-state index is 13.1. The number of likely N-dealkylation sites (N-methyl/N-ethyl adjacent to an activating group) is 1. The Bertz CT molecular complexity index is 852. The highest BCUT2D eigenvalue weighted by Crippen LogP contribution is 2.45. The van der Waals surface area contributed by atoms with E-state index in [1.165, 1.54) is 4.90 Å². The Balaban J connectivity index is 1.98. The molecule has 1 heterocycles. The van der Waals surface area contributed by atoms with Crippen LogP contribution in [0.1, 0.15) is 17.5 Å². The Kier molecular flexibility index (Phi) is 4.95. The van der Waals surface area contributed by atoms with Gasteiger partial charge in [0.15, 0.2) is 0 Å². The van der Waals surface area contributed by atoms with Crippen LogP contribution in [0.3, 0.4) is 0 Å². The third-order valence-corrected chi connectivity index (χ3v) is 4.79. The van der Waals surface area contributed by atoms with Gasteiger partial charge >= 0.3 is 6.18 Å². The number of nitrogens with one attached hydrogen (secondary N) is 1. The van der Waals surface area contributed by atoms with Crippen molar-refractivity contribution in [3.8, 4) is 0 Å². The second-order valence-corrected chi connectivity index (χ2v) is 6.69. The first-order chi connectivity index (χ1) is 12.7. The van der Waals surface area contributed by atoms with E-state index in [2.05, 4.69) is 0 Å². The molecule has 3 rings (SSSR count). The van der Waals surface area contributed by atoms with Gasteiger partial charge in [0.05, 0.1) is 5.41 Å². The van der Waals surface area contributed by atoms with Gasteiger partial charge in [-0.15, -0.1) is 0 Å². The largest absolute Gasteiger partial charge is 0.405 e. The van der Waals surface area contributed by atoms with Crippen molar-refractivity contribution >= 4 is 17.5 Å². The summed E-state index contributed by atoms with van der Waals surface area (Å²) in [6.45, 7) is -1.42. The van der Waals surface area contributed by atoms with E-state index in [1.54, 1.807) is 31.3 Å². The third kappa shape index (κ3) is 3.82.